The molecule has 1 aliphatic rings. The zero-order chi connectivity index (χ0) is 14.0. The number of carbonyl (C=O) groups is 2. The molecule has 6 heteroatoms. The number of carboxylic acid groups (broad SMARTS) is 1. The Morgan fingerprint density at radius 1 is 1.47 bits per heavy atom. The summed E-state index contributed by atoms with van der Waals surface area (Å²) in [4.78, 5) is 23.0. The molecule has 1 aromatic rings. The van der Waals surface area contributed by atoms with Gasteiger partial charge >= 0.3 is 5.97 Å². The third-order valence-corrected chi connectivity index (χ3v) is 4.05. The second kappa shape index (κ2) is 5.63. The van der Waals surface area contributed by atoms with Crippen molar-refractivity contribution in [1.82, 2.24) is 0 Å². The summed E-state index contributed by atoms with van der Waals surface area (Å²) in [6, 6.07) is 5.06. The molecule has 1 heterocycles. The lowest BCUT2D eigenvalue weighted by molar-refractivity contribution is -0.138. The Bertz CT molecular complexity index is 515. The first-order chi connectivity index (χ1) is 8.97. The number of aliphatic carboxylic acids is 1. The van der Waals surface area contributed by atoms with E-state index in [1.807, 2.05) is 12.1 Å². The summed E-state index contributed by atoms with van der Waals surface area (Å²) in [5, 5.41) is 11.7. The first-order valence-corrected chi connectivity index (χ1v) is 7.50. The molecule has 0 saturated heterocycles. The van der Waals surface area contributed by atoms with Crippen LogP contribution in [0, 0.1) is 0 Å². The molecular weight excluding hydrogens is 266 g/mol. The zero-order valence-corrected chi connectivity index (χ0v) is 11.3. The van der Waals surface area contributed by atoms with E-state index in [0.717, 1.165) is 16.1 Å². The first kappa shape index (κ1) is 13.9. The molecule has 5 nitrogen and oxygen atoms in total. The molecule has 0 saturated carbocycles. The molecule has 0 aliphatic carbocycles. The second-order valence-corrected chi connectivity index (χ2v) is 5.91. The minimum absolute atomic E-state index is 0.0353. The molecule has 0 radical (unpaired) electrons. The van der Waals surface area contributed by atoms with Crippen molar-refractivity contribution in [2.24, 2.45) is 0 Å². The number of ketones is 1. The van der Waals surface area contributed by atoms with E-state index in [2.05, 4.69) is 5.32 Å². The average Bonchev–Trinajstić information content (AvgIpc) is 2.78. The Labute approximate surface area is 114 Å². The predicted molar refractivity (Wildman–Crippen MR) is 71.8 cm³/mol. The summed E-state index contributed by atoms with van der Waals surface area (Å²) in [7, 11) is 0. The number of carboxylic acids is 1. The normalized spacial score (nSPS) is 18.5. The number of rotatable bonds is 5. The Kier molecular flexibility index (Phi) is 4.11. The summed E-state index contributed by atoms with van der Waals surface area (Å²) in [6.45, 7) is 0. The standard InChI is InChI=1S/C13H15NO4S/c1-19(18)9-2-3-10-8(6-9)7-11(14-10)12(15)4-5-13(16)17/h2-3,6,11,14H,4-5,7H2,1H3,(H,16,17). The number of benzene rings is 1. The fraction of sp³-hybridized carbons (Fsp3) is 0.385. The second-order valence-electron chi connectivity index (χ2n) is 4.53. The van der Waals surface area contributed by atoms with Gasteiger partial charge in [0.05, 0.1) is 12.5 Å². The van der Waals surface area contributed by atoms with Gasteiger partial charge in [0.2, 0.25) is 0 Å². The number of Topliss-reactive ketones (excluding diaryl/α,β-unsaturated/α-hetero) is 1. The van der Waals surface area contributed by atoms with Gasteiger partial charge in [-0.05, 0) is 34.9 Å². The van der Waals surface area contributed by atoms with Crippen molar-refractivity contribution < 1.29 is 19.2 Å². The highest BCUT2D eigenvalue weighted by atomic mass is 32.2. The van der Waals surface area contributed by atoms with Crippen LogP contribution in [0.25, 0.3) is 0 Å². The molecule has 0 aromatic heterocycles. The molecular formula is C13H15NO4S. The molecule has 2 N–H and O–H groups in total. The maximum atomic E-state index is 11.9. The lowest BCUT2D eigenvalue weighted by Gasteiger charge is -2.08. The van der Waals surface area contributed by atoms with Gasteiger partial charge in [0.15, 0.2) is 10.7 Å². The van der Waals surface area contributed by atoms with E-state index in [0.29, 0.717) is 6.42 Å². The predicted octanol–water partition coefficient (Wildman–Crippen LogP) is 1.19. The molecule has 1 aromatic carbocycles. The largest absolute Gasteiger partial charge is 0.612 e. The molecule has 2 unspecified atom stereocenters. The molecule has 2 rings (SSSR count). The lowest BCUT2D eigenvalue weighted by Crippen LogP contribution is -2.27. The Hall–Kier alpha value is -1.53. The Balaban J connectivity index is 2.03. The van der Waals surface area contributed by atoms with E-state index in [-0.39, 0.29) is 24.7 Å². The molecule has 102 valence electrons. The number of fused-ring (bicyclic) bond motifs is 1. The minimum atomic E-state index is -1.04. The average molecular weight is 281 g/mol. The van der Waals surface area contributed by atoms with Crippen LogP contribution in [-0.2, 0) is 27.2 Å². The number of carbonyl (C=O) groups excluding carboxylic acids is 1. The minimum Gasteiger partial charge on any atom is -0.612 e. The van der Waals surface area contributed by atoms with Gasteiger partial charge in [0, 0.05) is 18.5 Å². The number of hydrogen-bond acceptors (Lipinski definition) is 4. The molecule has 1 aliphatic heterocycles. The van der Waals surface area contributed by atoms with Crippen molar-refractivity contribution >= 4 is 28.6 Å². The molecule has 19 heavy (non-hydrogen) atoms. The van der Waals surface area contributed by atoms with Crippen LogP contribution in [0.3, 0.4) is 0 Å². The van der Waals surface area contributed by atoms with Crippen LogP contribution in [-0.4, -0.2) is 33.7 Å². The number of nitrogens with one attached hydrogen (secondary N) is 1. The fourth-order valence-corrected chi connectivity index (χ4v) is 2.68. The van der Waals surface area contributed by atoms with Crippen molar-refractivity contribution in [2.75, 3.05) is 11.6 Å². The summed E-state index contributed by atoms with van der Waals surface area (Å²) in [5.74, 6) is -1.06. The van der Waals surface area contributed by atoms with Crippen LogP contribution in [0.5, 0.6) is 0 Å². The Morgan fingerprint density at radius 2 is 2.21 bits per heavy atom. The molecule has 0 amide bonds. The number of anilines is 1. The van der Waals surface area contributed by atoms with Crippen molar-refractivity contribution in [1.29, 1.82) is 0 Å². The third kappa shape index (κ3) is 3.27. The molecule has 0 bridgehead atoms. The monoisotopic (exact) mass is 281 g/mol. The summed E-state index contributed by atoms with van der Waals surface area (Å²) >= 11 is -1.04. The summed E-state index contributed by atoms with van der Waals surface area (Å²) < 4.78 is 11.4. The molecule has 2 atom stereocenters. The van der Waals surface area contributed by atoms with Crippen LogP contribution < -0.4 is 5.32 Å². The van der Waals surface area contributed by atoms with E-state index in [9.17, 15) is 14.1 Å². The highest BCUT2D eigenvalue weighted by Crippen LogP contribution is 2.29. The van der Waals surface area contributed by atoms with Crippen molar-refractivity contribution in [3.63, 3.8) is 0 Å². The van der Waals surface area contributed by atoms with Crippen molar-refractivity contribution in [3.8, 4) is 0 Å². The van der Waals surface area contributed by atoms with Crippen LogP contribution in [0.1, 0.15) is 18.4 Å². The quantitative estimate of drug-likeness (QED) is 0.791. The SMILES string of the molecule is C[S+]([O-])c1ccc2c(c1)CC(C(=O)CCC(=O)O)N2. The van der Waals surface area contributed by atoms with Gasteiger partial charge in [-0.15, -0.1) is 0 Å². The van der Waals surface area contributed by atoms with Crippen LogP contribution >= 0.6 is 0 Å². The van der Waals surface area contributed by atoms with Gasteiger partial charge in [-0.1, -0.05) is 0 Å². The van der Waals surface area contributed by atoms with Gasteiger partial charge in [-0.2, -0.15) is 0 Å². The Morgan fingerprint density at radius 3 is 2.84 bits per heavy atom. The van der Waals surface area contributed by atoms with Gasteiger partial charge in [-0.25, -0.2) is 0 Å². The highest BCUT2D eigenvalue weighted by molar-refractivity contribution is 7.90. The zero-order valence-electron chi connectivity index (χ0n) is 10.5. The third-order valence-electron chi connectivity index (χ3n) is 3.14. The van der Waals surface area contributed by atoms with Gasteiger partial charge < -0.3 is 15.0 Å². The summed E-state index contributed by atoms with van der Waals surface area (Å²) in [5.41, 5.74) is 1.82. The highest BCUT2D eigenvalue weighted by Gasteiger charge is 2.27. The van der Waals surface area contributed by atoms with Gasteiger partial charge in [-0.3, -0.25) is 9.59 Å². The van der Waals surface area contributed by atoms with E-state index in [4.69, 9.17) is 5.11 Å². The van der Waals surface area contributed by atoms with Crippen LogP contribution in [0.2, 0.25) is 0 Å². The van der Waals surface area contributed by atoms with Crippen LogP contribution in [0.4, 0.5) is 5.69 Å². The fourth-order valence-electron chi connectivity index (χ4n) is 2.12. The smallest absolute Gasteiger partial charge is 0.303 e. The summed E-state index contributed by atoms with van der Waals surface area (Å²) in [6.07, 6.45) is 2.03. The van der Waals surface area contributed by atoms with Crippen molar-refractivity contribution in [2.45, 2.75) is 30.2 Å². The lowest BCUT2D eigenvalue weighted by atomic mass is 10.0. The van der Waals surface area contributed by atoms with E-state index in [1.54, 1.807) is 12.3 Å². The maximum absolute atomic E-state index is 11.9. The van der Waals surface area contributed by atoms with E-state index < -0.39 is 17.1 Å². The number of hydrogen-bond donors (Lipinski definition) is 2. The maximum Gasteiger partial charge on any atom is 0.303 e. The van der Waals surface area contributed by atoms with Gasteiger partial charge in [0.1, 0.15) is 6.26 Å². The molecule has 0 spiro atoms. The van der Waals surface area contributed by atoms with Gasteiger partial charge in [0.25, 0.3) is 0 Å². The van der Waals surface area contributed by atoms with E-state index in [1.165, 1.54) is 0 Å². The van der Waals surface area contributed by atoms with Crippen molar-refractivity contribution in [3.05, 3.63) is 23.8 Å². The topological polar surface area (TPSA) is 89.5 Å². The molecule has 0 fully saturated rings. The van der Waals surface area contributed by atoms with Crippen LogP contribution in [0.15, 0.2) is 23.1 Å². The first-order valence-electron chi connectivity index (χ1n) is 5.95. The van der Waals surface area contributed by atoms with E-state index >= 15 is 0 Å².